The molecule has 200 valence electrons. The van der Waals surface area contributed by atoms with Crippen LogP contribution in [-0.4, -0.2) is 38.8 Å². The van der Waals surface area contributed by atoms with Crippen LogP contribution in [0.4, 0.5) is 18.3 Å². The Hall–Kier alpha value is -4.03. The number of methoxy groups -OCH3 is 1. The van der Waals surface area contributed by atoms with E-state index in [1.54, 1.807) is 19.1 Å². The summed E-state index contributed by atoms with van der Waals surface area (Å²) in [6.07, 6.45) is 0.0761. The number of ether oxygens (including phenoxy) is 1. The van der Waals surface area contributed by atoms with Crippen molar-refractivity contribution in [3.63, 3.8) is 0 Å². The summed E-state index contributed by atoms with van der Waals surface area (Å²) in [5, 5.41) is 3.32. The second-order valence-electron chi connectivity index (χ2n) is 8.62. The molecule has 5 rings (SSSR count). The van der Waals surface area contributed by atoms with Crippen molar-refractivity contribution in [3.8, 4) is 16.9 Å². The van der Waals surface area contributed by atoms with E-state index in [-0.39, 0.29) is 29.4 Å². The Balaban J connectivity index is 1.34. The van der Waals surface area contributed by atoms with Crippen molar-refractivity contribution in [1.82, 2.24) is 19.9 Å². The summed E-state index contributed by atoms with van der Waals surface area (Å²) >= 11 is 7.28. The van der Waals surface area contributed by atoms with Crippen LogP contribution in [0.15, 0.2) is 42.7 Å². The third-order valence-corrected chi connectivity index (χ3v) is 7.27. The van der Waals surface area contributed by atoms with Crippen LogP contribution in [0.25, 0.3) is 11.1 Å². The Bertz CT molecular complexity index is 1590. The number of hydrogen-bond acceptors (Lipinski definition) is 7. The Labute approximate surface area is 229 Å². The minimum atomic E-state index is -2.84. The molecule has 39 heavy (non-hydrogen) atoms. The largest absolute Gasteiger partial charge is 0.494 e. The number of nitrogens with one attached hydrogen (secondary N) is 1. The standard InChI is InChI=1S/C26H19ClF3N5O3S/c1-12-5-15(16-7-22(27)32-9-20(16)38-2)17(8-31-12)24(36)34-26-33-19-10-35(11-21(19)39-26)25(37)14-4-3-13(23(29)30)6-18(14)28/h3-9,23H,10-11H2,1-2H3,(H,33,34,36). The maximum Gasteiger partial charge on any atom is 0.263 e. The van der Waals surface area contributed by atoms with Crippen LogP contribution in [-0.2, 0) is 13.1 Å². The van der Waals surface area contributed by atoms with Gasteiger partial charge < -0.3 is 9.64 Å². The highest BCUT2D eigenvalue weighted by Crippen LogP contribution is 2.36. The van der Waals surface area contributed by atoms with Crippen LogP contribution in [0.5, 0.6) is 5.75 Å². The van der Waals surface area contributed by atoms with Crippen molar-refractivity contribution in [2.45, 2.75) is 26.4 Å². The van der Waals surface area contributed by atoms with E-state index in [1.165, 1.54) is 35.7 Å². The minimum Gasteiger partial charge on any atom is -0.494 e. The van der Waals surface area contributed by atoms with E-state index in [2.05, 4.69) is 20.3 Å². The van der Waals surface area contributed by atoms with Crippen molar-refractivity contribution >= 4 is 39.9 Å². The van der Waals surface area contributed by atoms with Crippen LogP contribution >= 0.6 is 22.9 Å². The van der Waals surface area contributed by atoms with E-state index < -0.39 is 29.6 Å². The Morgan fingerprint density at radius 1 is 1.10 bits per heavy atom. The Kier molecular flexibility index (Phi) is 7.23. The second-order valence-corrected chi connectivity index (χ2v) is 10.1. The monoisotopic (exact) mass is 573 g/mol. The number of hydrogen-bond donors (Lipinski definition) is 1. The topological polar surface area (TPSA) is 97.3 Å². The van der Waals surface area contributed by atoms with Gasteiger partial charge in [-0.3, -0.25) is 19.9 Å². The number of halogens is 4. The first kappa shape index (κ1) is 26.6. The van der Waals surface area contributed by atoms with Gasteiger partial charge in [-0.2, -0.15) is 0 Å². The number of nitrogens with zero attached hydrogens (tertiary/aromatic N) is 4. The molecular weight excluding hydrogens is 555 g/mol. The fourth-order valence-corrected chi connectivity index (χ4v) is 5.31. The number of aromatic nitrogens is 3. The predicted octanol–water partition coefficient (Wildman–Crippen LogP) is 6.06. The molecular formula is C26H19ClF3N5O3S. The zero-order valence-electron chi connectivity index (χ0n) is 20.5. The average Bonchev–Trinajstić information content (AvgIpc) is 3.47. The fourth-order valence-electron chi connectivity index (χ4n) is 4.17. The molecule has 4 aromatic rings. The number of benzene rings is 1. The number of rotatable bonds is 6. The molecule has 0 saturated heterocycles. The molecule has 13 heteroatoms. The van der Waals surface area contributed by atoms with Gasteiger partial charge in [0.25, 0.3) is 18.2 Å². The van der Waals surface area contributed by atoms with Gasteiger partial charge in [-0.05, 0) is 31.2 Å². The number of anilines is 1. The maximum atomic E-state index is 14.3. The van der Waals surface area contributed by atoms with Gasteiger partial charge in [0.2, 0.25) is 0 Å². The number of pyridine rings is 2. The molecule has 0 saturated carbocycles. The Morgan fingerprint density at radius 3 is 2.59 bits per heavy atom. The lowest BCUT2D eigenvalue weighted by atomic mass is 10.0. The smallest absolute Gasteiger partial charge is 0.263 e. The maximum absolute atomic E-state index is 14.3. The van der Waals surface area contributed by atoms with Gasteiger partial charge >= 0.3 is 0 Å². The molecule has 1 N–H and O–H groups in total. The second kappa shape index (κ2) is 10.6. The van der Waals surface area contributed by atoms with Gasteiger partial charge in [-0.1, -0.05) is 29.0 Å². The summed E-state index contributed by atoms with van der Waals surface area (Å²) in [4.78, 5) is 40.9. The van der Waals surface area contributed by atoms with Crippen LogP contribution in [0.1, 0.15) is 49.0 Å². The molecule has 1 aliphatic heterocycles. The summed E-state index contributed by atoms with van der Waals surface area (Å²) in [6, 6.07) is 6.09. The van der Waals surface area contributed by atoms with Crippen molar-refractivity contribution < 1.29 is 27.5 Å². The number of fused-ring (bicyclic) bond motifs is 1. The van der Waals surface area contributed by atoms with Crippen molar-refractivity contribution in [1.29, 1.82) is 0 Å². The van der Waals surface area contributed by atoms with Crippen LogP contribution in [0, 0.1) is 12.7 Å². The summed E-state index contributed by atoms with van der Waals surface area (Å²) in [7, 11) is 1.49. The van der Waals surface area contributed by atoms with E-state index in [4.69, 9.17) is 16.3 Å². The summed E-state index contributed by atoms with van der Waals surface area (Å²) < 4.78 is 45.4. The Morgan fingerprint density at radius 2 is 1.90 bits per heavy atom. The number of alkyl halides is 2. The summed E-state index contributed by atoms with van der Waals surface area (Å²) in [6.45, 7) is 2.01. The molecule has 0 radical (unpaired) electrons. The molecule has 4 heterocycles. The van der Waals surface area contributed by atoms with E-state index in [0.717, 1.165) is 12.1 Å². The van der Waals surface area contributed by atoms with Gasteiger partial charge in [0.1, 0.15) is 16.7 Å². The van der Waals surface area contributed by atoms with Gasteiger partial charge in [0, 0.05) is 28.6 Å². The van der Waals surface area contributed by atoms with Gasteiger partial charge in [-0.25, -0.2) is 23.1 Å². The van der Waals surface area contributed by atoms with Crippen molar-refractivity contribution in [2.75, 3.05) is 12.4 Å². The molecule has 0 atom stereocenters. The first-order chi connectivity index (χ1) is 18.6. The lowest BCUT2D eigenvalue weighted by Crippen LogP contribution is -2.26. The first-order valence-electron chi connectivity index (χ1n) is 11.5. The number of thiazole rings is 1. The fraction of sp³-hybridized carbons (Fsp3) is 0.192. The SMILES string of the molecule is COc1cnc(Cl)cc1-c1cc(C)ncc1C(=O)Nc1nc2c(s1)CN(C(=O)c1ccc(C(F)F)cc1F)C2. The molecule has 3 aromatic heterocycles. The molecule has 8 nitrogen and oxygen atoms in total. The number of carbonyl (C=O) groups is 2. The van der Waals surface area contributed by atoms with E-state index in [9.17, 15) is 22.8 Å². The molecule has 0 unspecified atom stereocenters. The van der Waals surface area contributed by atoms with Crippen molar-refractivity contribution in [2.24, 2.45) is 0 Å². The zero-order chi connectivity index (χ0) is 27.8. The molecule has 0 fully saturated rings. The van der Waals surface area contributed by atoms with E-state index in [1.807, 2.05) is 0 Å². The summed E-state index contributed by atoms with van der Waals surface area (Å²) in [5.74, 6) is -1.68. The summed E-state index contributed by atoms with van der Waals surface area (Å²) in [5.41, 5.74) is 1.81. The lowest BCUT2D eigenvalue weighted by Gasteiger charge is -2.16. The molecule has 0 aliphatic carbocycles. The van der Waals surface area contributed by atoms with Gasteiger partial charge in [0.15, 0.2) is 5.13 Å². The van der Waals surface area contributed by atoms with Crippen LogP contribution < -0.4 is 10.1 Å². The normalized spacial score (nSPS) is 12.5. The zero-order valence-corrected chi connectivity index (χ0v) is 22.0. The highest BCUT2D eigenvalue weighted by molar-refractivity contribution is 7.16. The highest BCUT2D eigenvalue weighted by atomic mass is 35.5. The van der Waals surface area contributed by atoms with E-state index >= 15 is 0 Å². The molecule has 0 bridgehead atoms. The van der Waals surface area contributed by atoms with E-state index in [0.29, 0.717) is 44.3 Å². The number of carbonyl (C=O) groups excluding carboxylic acids is 2. The highest BCUT2D eigenvalue weighted by Gasteiger charge is 2.30. The van der Waals surface area contributed by atoms with Gasteiger partial charge in [0.05, 0.1) is 48.1 Å². The lowest BCUT2D eigenvalue weighted by molar-refractivity contribution is 0.0745. The molecule has 0 spiro atoms. The van der Waals surface area contributed by atoms with Crippen LogP contribution in [0.3, 0.4) is 0 Å². The van der Waals surface area contributed by atoms with Gasteiger partial charge in [-0.15, -0.1) is 0 Å². The molecule has 2 amide bonds. The average molecular weight is 574 g/mol. The number of aryl methyl sites for hydroxylation is 1. The number of amides is 2. The minimum absolute atomic E-state index is 0.0840. The third kappa shape index (κ3) is 5.30. The quantitative estimate of drug-likeness (QED) is 0.282. The predicted molar refractivity (Wildman–Crippen MR) is 139 cm³/mol. The van der Waals surface area contributed by atoms with Crippen LogP contribution in [0.2, 0.25) is 5.15 Å². The first-order valence-corrected chi connectivity index (χ1v) is 12.7. The van der Waals surface area contributed by atoms with Crippen molar-refractivity contribution in [3.05, 3.63) is 86.7 Å². The molecule has 1 aliphatic rings. The third-order valence-electron chi connectivity index (χ3n) is 6.07. The molecule has 1 aromatic carbocycles.